The lowest BCUT2D eigenvalue weighted by atomic mass is 10.2. The van der Waals surface area contributed by atoms with E-state index in [1.165, 1.54) is 0 Å². The molecule has 132 valence electrons. The van der Waals surface area contributed by atoms with Crippen LogP contribution in [0.5, 0.6) is 0 Å². The number of anilines is 2. The van der Waals surface area contributed by atoms with Crippen molar-refractivity contribution in [2.75, 3.05) is 10.6 Å². The molecule has 5 nitrogen and oxygen atoms in total. The van der Waals surface area contributed by atoms with Gasteiger partial charge in [0.15, 0.2) is 5.76 Å². The van der Waals surface area contributed by atoms with E-state index in [1.54, 1.807) is 43.3 Å². The minimum absolute atomic E-state index is 0.0846. The number of hydrogen-bond acceptors (Lipinski definition) is 3. The normalized spacial score (nSPS) is 10.4. The van der Waals surface area contributed by atoms with Crippen LogP contribution in [-0.2, 0) is 4.79 Å². The molecule has 0 fully saturated rings. The Morgan fingerprint density at radius 2 is 1.65 bits per heavy atom. The van der Waals surface area contributed by atoms with Crippen molar-refractivity contribution in [3.8, 4) is 11.3 Å². The maximum Gasteiger partial charge on any atom is 0.291 e. The average Bonchev–Trinajstić information content (AvgIpc) is 3.13. The molecule has 1 heterocycles. The predicted molar refractivity (Wildman–Crippen MR) is 105 cm³/mol. The predicted octanol–water partition coefficient (Wildman–Crippen LogP) is 5.31. The average molecular weight is 413 g/mol. The molecule has 0 aliphatic carbocycles. The third-order valence-electron chi connectivity index (χ3n) is 3.68. The Balaban J connectivity index is 1.71. The van der Waals surface area contributed by atoms with Gasteiger partial charge in [-0.15, -0.1) is 0 Å². The van der Waals surface area contributed by atoms with Gasteiger partial charge in [-0.2, -0.15) is 0 Å². The van der Waals surface area contributed by atoms with Gasteiger partial charge in [0.2, 0.25) is 5.91 Å². The number of rotatable bonds is 5. The second kappa shape index (κ2) is 8.01. The van der Waals surface area contributed by atoms with Gasteiger partial charge in [0.05, 0.1) is 0 Å². The van der Waals surface area contributed by atoms with E-state index in [1.807, 2.05) is 24.3 Å². The molecule has 3 rings (SSSR count). The minimum Gasteiger partial charge on any atom is -0.451 e. The Morgan fingerprint density at radius 1 is 0.962 bits per heavy atom. The molecule has 0 unspecified atom stereocenters. The third-order valence-corrected chi connectivity index (χ3v) is 4.21. The van der Waals surface area contributed by atoms with Gasteiger partial charge in [-0.1, -0.05) is 41.1 Å². The maximum atomic E-state index is 12.4. The van der Waals surface area contributed by atoms with Crippen molar-refractivity contribution in [3.63, 3.8) is 0 Å². The van der Waals surface area contributed by atoms with Crippen LogP contribution in [0.4, 0.5) is 11.4 Å². The maximum absolute atomic E-state index is 12.4. The largest absolute Gasteiger partial charge is 0.451 e. The number of hydrogen-bond donors (Lipinski definition) is 2. The molecular weight excluding hydrogens is 396 g/mol. The van der Waals surface area contributed by atoms with E-state index in [2.05, 4.69) is 26.6 Å². The summed E-state index contributed by atoms with van der Waals surface area (Å²) in [4.78, 5) is 23.9. The van der Waals surface area contributed by atoms with E-state index in [0.717, 1.165) is 10.0 Å². The fraction of sp³-hybridized carbons (Fsp3) is 0.100. The summed E-state index contributed by atoms with van der Waals surface area (Å²) in [6.45, 7) is 1.78. The molecule has 6 heteroatoms. The van der Waals surface area contributed by atoms with Crippen molar-refractivity contribution >= 4 is 39.1 Å². The van der Waals surface area contributed by atoms with Gasteiger partial charge in [-0.05, 0) is 42.5 Å². The van der Waals surface area contributed by atoms with Crippen molar-refractivity contribution < 1.29 is 14.0 Å². The zero-order valence-electron chi connectivity index (χ0n) is 14.1. The van der Waals surface area contributed by atoms with E-state index in [9.17, 15) is 9.59 Å². The second-order valence-electron chi connectivity index (χ2n) is 5.61. The van der Waals surface area contributed by atoms with Crippen molar-refractivity contribution in [2.24, 2.45) is 0 Å². The van der Waals surface area contributed by atoms with Gasteiger partial charge in [0, 0.05) is 27.8 Å². The lowest BCUT2D eigenvalue weighted by Gasteiger charge is -2.07. The summed E-state index contributed by atoms with van der Waals surface area (Å²) in [5.74, 6) is 0.392. The highest BCUT2D eigenvalue weighted by atomic mass is 79.9. The first kappa shape index (κ1) is 17.9. The monoisotopic (exact) mass is 412 g/mol. The quantitative estimate of drug-likeness (QED) is 0.596. The third kappa shape index (κ3) is 4.40. The zero-order chi connectivity index (χ0) is 18.5. The highest BCUT2D eigenvalue weighted by molar-refractivity contribution is 9.10. The fourth-order valence-corrected chi connectivity index (χ4v) is 2.61. The Hall–Kier alpha value is -2.86. The lowest BCUT2D eigenvalue weighted by molar-refractivity contribution is -0.115. The SMILES string of the molecule is CCC(=O)Nc1cccc(NC(=O)c2ccc(-c3ccc(Br)cc3)o2)c1. The molecule has 0 spiro atoms. The Labute approximate surface area is 159 Å². The van der Waals surface area contributed by atoms with Crippen molar-refractivity contribution in [1.29, 1.82) is 0 Å². The lowest BCUT2D eigenvalue weighted by Crippen LogP contribution is -2.12. The number of benzene rings is 2. The number of halogens is 1. The molecule has 0 aliphatic heterocycles. The molecule has 0 atom stereocenters. The molecule has 0 aliphatic rings. The van der Waals surface area contributed by atoms with Crippen LogP contribution in [0.25, 0.3) is 11.3 Å². The molecule has 1 aromatic heterocycles. The van der Waals surface area contributed by atoms with Crippen LogP contribution < -0.4 is 10.6 Å². The summed E-state index contributed by atoms with van der Waals surface area (Å²) in [7, 11) is 0. The smallest absolute Gasteiger partial charge is 0.291 e. The summed E-state index contributed by atoms with van der Waals surface area (Å²) in [6.07, 6.45) is 0.391. The van der Waals surface area contributed by atoms with Crippen LogP contribution in [-0.4, -0.2) is 11.8 Å². The van der Waals surface area contributed by atoms with E-state index in [0.29, 0.717) is 23.6 Å². The van der Waals surface area contributed by atoms with Crippen LogP contribution in [0.3, 0.4) is 0 Å². The Kier molecular flexibility index (Phi) is 5.53. The van der Waals surface area contributed by atoms with Gasteiger partial charge in [0.1, 0.15) is 5.76 Å². The Morgan fingerprint density at radius 3 is 2.35 bits per heavy atom. The first-order valence-corrected chi connectivity index (χ1v) is 8.91. The summed E-state index contributed by atoms with van der Waals surface area (Å²) in [5, 5.41) is 5.53. The topological polar surface area (TPSA) is 71.3 Å². The van der Waals surface area contributed by atoms with Crippen LogP contribution in [0, 0.1) is 0 Å². The van der Waals surface area contributed by atoms with E-state index >= 15 is 0 Å². The van der Waals surface area contributed by atoms with Gasteiger partial charge in [-0.3, -0.25) is 9.59 Å². The number of nitrogens with one attached hydrogen (secondary N) is 2. The highest BCUT2D eigenvalue weighted by Gasteiger charge is 2.13. The van der Waals surface area contributed by atoms with E-state index in [-0.39, 0.29) is 17.6 Å². The van der Waals surface area contributed by atoms with Gasteiger partial charge in [0.25, 0.3) is 5.91 Å². The standard InChI is InChI=1S/C20H17BrN2O3/c1-2-19(24)22-15-4-3-5-16(12-15)23-20(25)18-11-10-17(26-18)13-6-8-14(21)9-7-13/h3-12H,2H2,1H3,(H,22,24)(H,23,25). The fourth-order valence-electron chi connectivity index (χ4n) is 2.35. The first-order chi connectivity index (χ1) is 12.5. The molecule has 3 aromatic rings. The minimum atomic E-state index is -0.354. The second-order valence-corrected chi connectivity index (χ2v) is 6.52. The van der Waals surface area contributed by atoms with Crippen molar-refractivity contribution in [2.45, 2.75) is 13.3 Å². The Bertz CT molecular complexity index is 932. The number of furan rings is 1. The van der Waals surface area contributed by atoms with Crippen molar-refractivity contribution in [3.05, 3.63) is 70.9 Å². The summed E-state index contributed by atoms with van der Waals surface area (Å²) in [6, 6.07) is 18.0. The van der Waals surface area contributed by atoms with Crippen LogP contribution in [0.15, 0.2) is 69.6 Å². The van der Waals surface area contributed by atoms with E-state index in [4.69, 9.17) is 4.42 Å². The van der Waals surface area contributed by atoms with Crippen LogP contribution >= 0.6 is 15.9 Å². The number of carbonyl (C=O) groups is 2. The summed E-state index contributed by atoms with van der Waals surface area (Å²) < 4.78 is 6.63. The molecule has 2 amide bonds. The molecule has 2 aromatic carbocycles. The highest BCUT2D eigenvalue weighted by Crippen LogP contribution is 2.24. The summed E-state index contributed by atoms with van der Waals surface area (Å²) >= 11 is 3.39. The summed E-state index contributed by atoms with van der Waals surface area (Å²) in [5.41, 5.74) is 2.09. The van der Waals surface area contributed by atoms with Crippen LogP contribution in [0.1, 0.15) is 23.9 Å². The first-order valence-electron chi connectivity index (χ1n) is 8.12. The van der Waals surface area contributed by atoms with Gasteiger partial charge >= 0.3 is 0 Å². The molecule has 26 heavy (non-hydrogen) atoms. The zero-order valence-corrected chi connectivity index (χ0v) is 15.7. The van der Waals surface area contributed by atoms with E-state index < -0.39 is 0 Å². The van der Waals surface area contributed by atoms with Crippen molar-refractivity contribution in [1.82, 2.24) is 0 Å². The number of carbonyl (C=O) groups excluding carboxylic acids is 2. The van der Waals surface area contributed by atoms with Gasteiger partial charge in [-0.25, -0.2) is 0 Å². The number of amides is 2. The molecule has 0 bridgehead atoms. The molecule has 0 saturated carbocycles. The molecule has 0 saturated heterocycles. The molecule has 0 radical (unpaired) electrons. The molecule has 2 N–H and O–H groups in total. The van der Waals surface area contributed by atoms with Gasteiger partial charge < -0.3 is 15.1 Å². The molecular formula is C20H17BrN2O3. The van der Waals surface area contributed by atoms with Crippen LogP contribution in [0.2, 0.25) is 0 Å².